The predicted octanol–water partition coefficient (Wildman–Crippen LogP) is 1.00. The summed E-state index contributed by atoms with van der Waals surface area (Å²) < 4.78 is 9.76. The molecule has 1 saturated heterocycles. The molecule has 0 saturated carbocycles. The van der Waals surface area contributed by atoms with Gasteiger partial charge in [-0.3, -0.25) is 14.4 Å². The second-order valence-corrected chi connectivity index (χ2v) is 6.66. The molecule has 1 N–H and O–H groups in total. The molecule has 0 aromatic heterocycles. The largest absolute Gasteiger partial charge is 0.465 e. The van der Waals surface area contributed by atoms with Gasteiger partial charge in [0.1, 0.15) is 6.04 Å². The summed E-state index contributed by atoms with van der Waals surface area (Å²) in [5.41, 5.74) is 0.636. The first-order valence-corrected chi connectivity index (χ1v) is 8.76. The molecule has 0 aliphatic carbocycles. The number of nitrogens with zero attached hydrogens (tertiary/aromatic N) is 1. The van der Waals surface area contributed by atoms with Gasteiger partial charge in [-0.25, -0.2) is 4.79 Å². The van der Waals surface area contributed by atoms with Crippen LogP contribution in [0.1, 0.15) is 41.0 Å². The highest BCUT2D eigenvalue weighted by Crippen LogP contribution is 2.16. The number of nitrogens with one attached hydrogen (secondary N) is 1. The van der Waals surface area contributed by atoms with E-state index < -0.39 is 18.0 Å². The summed E-state index contributed by atoms with van der Waals surface area (Å²) in [6.07, 6.45) is -0.204. The lowest BCUT2D eigenvalue weighted by atomic mass is 10.1. The molecule has 0 radical (unpaired) electrons. The Kier molecular flexibility index (Phi) is 6.92. The smallest absolute Gasteiger partial charge is 0.337 e. The molecule has 1 aliphatic rings. The highest BCUT2D eigenvalue weighted by Gasteiger charge is 2.35. The van der Waals surface area contributed by atoms with Crippen LogP contribution in [-0.4, -0.2) is 61.5 Å². The Balaban J connectivity index is 2.12. The average Bonchev–Trinajstić information content (AvgIpc) is 2.67. The maximum atomic E-state index is 12.8. The summed E-state index contributed by atoms with van der Waals surface area (Å²) >= 11 is 0. The van der Waals surface area contributed by atoms with Crippen molar-refractivity contribution in [2.24, 2.45) is 5.92 Å². The summed E-state index contributed by atoms with van der Waals surface area (Å²) in [6, 6.07) is 5.03. The lowest BCUT2D eigenvalue weighted by Crippen LogP contribution is -2.57. The fourth-order valence-corrected chi connectivity index (χ4v) is 2.67. The van der Waals surface area contributed by atoms with Crippen molar-refractivity contribution >= 4 is 23.8 Å². The van der Waals surface area contributed by atoms with Crippen LogP contribution in [0.5, 0.6) is 0 Å². The van der Waals surface area contributed by atoms with Crippen LogP contribution in [0.15, 0.2) is 24.3 Å². The number of ether oxygens (including phenoxy) is 2. The predicted molar refractivity (Wildman–Crippen MR) is 96.0 cm³/mol. The van der Waals surface area contributed by atoms with E-state index in [9.17, 15) is 19.2 Å². The average molecular weight is 376 g/mol. The van der Waals surface area contributed by atoms with Gasteiger partial charge in [0.05, 0.1) is 25.7 Å². The highest BCUT2D eigenvalue weighted by molar-refractivity contribution is 6.00. The Hall–Kier alpha value is -2.90. The van der Waals surface area contributed by atoms with E-state index in [2.05, 4.69) is 10.1 Å². The minimum Gasteiger partial charge on any atom is -0.465 e. The first-order chi connectivity index (χ1) is 12.8. The number of hydrogen-bond acceptors (Lipinski definition) is 6. The molecular formula is C19H24N2O6. The molecule has 1 aromatic rings. The number of carbonyl (C=O) groups excluding carboxylic acids is 4. The third kappa shape index (κ3) is 5.29. The minimum atomic E-state index is -0.925. The number of amides is 2. The summed E-state index contributed by atoms with van der Waals surface area (Å²) in [7, 11) is 1.27. The lowest BCUT2D eigenvalue weighted by Gasteiger charge is -2.34. The Bertz CT molecular complexity index is 713. The molecule has 8 nitrogen and oxygen atoms in total. The second-order valence-electron chi connectivity index (χ2n) is 6.66. The van der Waals surface area contributed by atoms with Gasteiger partial charge >= 0.3 is 11.9 Å². The Labute approximate surface area is 157 Å². The summed E-state index contributed by atoms with van der Waals surface area (Å²) in [5, 5.41) is 2.67. The van der Waals surface area contributed by atoms with Crippen LogP contribution in [0.2, 0.25) is 0 Å². The molecule has 27 heavy (non-hydrogen) atoms. The zero-order valence-electron chi connectivity index (χ0n) is 15.7. The monoisotopic (exact) mass is 376 g/mol. The van der Waals surface area contributed by atoms with Gasteiger partial charge < -0.3 is 19.7 Å². The van der Waals surface area contributed by atoms with Gasteiger partial charge in [0.25, 0.3) is 5.91 Å². The molecule has 8 heteroatoms. The van der Waals surface area contributed by atoms with Crippen LogP contribution >= 0.6 is 0 Å². The first-order valence-electron chi connectivity index (χ1n) is 8.76. The maximum absolute atomic E-state index is 12.8. The maximum Gasteiger partial charge on any atom is 0.337 e. The lowest BCUT2D eigenvalue weighted by molar-refractivity contribution is -0.148. The summed E-state index contributed by atoms with van der Waals surface area (Å²) in [5.74, 6) is -1.62. The highest BCUT2D eigenvalue weighted by atomic mass is 16.5. The molecule has 1 aliphatic heterocycles. The molecular weight excluding hydrogens is 352 g/mol. The number of methoxy groups -OCH3 is 1. The van der Waals surface area contributed by atoms with Crippen molar-refractivity contribution in [2.75, 3.05) is 26.8 Å². The van der Waals surface area contributed by atoms with Gasteiger partial charge in [-0.05, 0) is 30.2 Å². The quantitative estimate of drug-likeness (QED) is 0.744. The van der Waals surface area contributed by atoms with Crippen molar-refractivity contribution in [3.05, 3.63) is 35.4 Å². The topological polar surface area (TPSA) is 102 Å². The normalized spacial score (nSPS) is 16.7. The number of piperazine rings is 1. The zero-order valence-corrected chi connectivity index (χ0v) is 15.7. The summed E-state index contributed by atoms with van der Waals surface area (Å²) in [6.45, 7) is 4.67. The van der Waals surface area contributed by atoms with Crippen molar-refractivity contribution in [1.82, 2.24) is 10.2 Å². The van der Waals surface area contributed by atoms with Crippen molar-refractivity contribution in [3.63, 3.8) is 0 Å². The fraction of sp³-hybridized carbons (Fsp3) is 0.474. The van der Waals surface area contributed by atoms with Gasteiger partial charge in [0.2, 0.25) is 5.91 Å². The van der Waals surface area contributed by atoms with E-state index in [1.807, 2.05) is 13.8 Å². The van der Waals surface area contributed by atoms with Gasteiger partial charge in [0.15, 0.2) is 0 Å². The van der Waals surface area contributed by atoms with E-state index in [1.165, 1.54) is 36.3 Å². The SMILES string of the molecule is COC(=O)c1ccc(C(=O)N2CCNC(=O)C2CC(=O)OCC(C)C)cc1. The molecule has 1 fully saturated rings. The van der Waals surface area contributed by atoms with Crippen LogP contribution in [-0.2, 0) is 19.1 Å². The Morgan fingerprint density at radius 1 is 1.19 bits per heavy atom. The van der Waals surface area contributed by atoms with E-state index in [4.69, 9.17) is 4.74 Å². The zero-order chi connectivity index (χ0) is 20.0. The van der Waals surface area contributed by atoms with Crippen molar-refractivity contribution in [3.8, 4) is 0 Å². The standard InChI is InChI=1S/C19H24N2O6/c1-12(2)11-27-16(22)10-15-17(23)20-8-9-21(15)18(24)13-4-6-14(7-5-13)19(25)26-3/h4-7,12,15H,8-11H2,1-3H3,(H,20,23). The number of carbonyl (C=O) groups is 4. The molecule has 1 heterocycles. The van der Waals surface area contributed by atoms with Gasteiger partial charge in [-0.15, -0.1) is 0 Å². The second kappa shape index (κ2) is 9.16. The molecule has 0 bridgehead atoms. The van der Waals surface area contributed by atoms with Crippen LogP contribution in [0.25, 0.3) is 0 Å². The third-order valence-electron chi connectivity index (χ3n) is 4.08. The van der Waals surface area contributed by atoms with Gasteiger partial charge in [-0.2, -0.15) is 0 Å². The van der Waals surface area contributed by atoms with Crippen molar-refractivity contribution < 1.29 is 28.7 Å². The Morgan fingerprint density at radius 2 is 1.81 bits per heavy atom. The molecule has 2 rings (SSSR count). The molecule has 0 spiro atoms. The molecule has 1 unspecified atom stereocenters. The van der Waals surface area contributed by atoms with E-state index in [0.717, 1.165) is 0 Å². The van der Waals surface area contributed by atoms with E-state index >= 15 is 0 Å². The first kappa shape index (κ1) is 20.4. The number of rotatable bonds is 6. The third-order valence-corrected chi connectivity index (χ3v) is 4.08. The molecule has 146 valence electrons. The van der Waals surface area contributed by atoms with Crippen molar-refractivity contribution in [2.45, 2.75) is 26.3 Å². The van der Waals surface area contributed by atoms with Crippen LogP contribution in [0.4, 0.5) is 0 Å². The van der Waals surface area contributed by atoms with E-state index in [0.29, 0.717) is 17.7 Å². The van der Waals surface area contributed by atoms with E-state index in [1.54, 1.807) is 0 Å². The van der Waals surface area contributed by atoms with Crippen LogP contribution in [0.3, 0.4) is 0 Å². The van der Waals surface area contributed by atoms with Crippen LogP contribution in [0, 0.1) is 5.92 Å². The Morgan fingerprint density at radius 3 is 2.41 bits per heavy atom. The minimum absolute atomic E-state index is 0.181. The fourth-order valence-electron chi connectivity index (χ4n) is 2.67. The van der Waals surface area contributed by atoms with Gasteiger partial charge in [0, 0.05) is 18.7 Å². The molecule has 1 atom stereocenters. The number of hydrogen-bond donors (Lipinski definition) is 1. The molecule has 2 amide bonds. The summed E-state index contributed by atoms with van der Waals surface area (Å²) in [4.78, 5) is 49.9. The number of benzene rings is 1. The molecule has 1 aromatic carbocycles. The van der Waals surface area contributed by atoms with E-state index in [-0.39, 0.29) is 37.3 Å². The number of esters is 2. The van der Waals surface area contributed by atoms with Crippen LogP contribution < -0.4 is 5.32 Å². The van der Waals surface area contributed by atoms with Gasteiger partial charge in [-0.1, -0.05) is 13.8 Å². The van der Waals surface area contributed by atoms with Crippen molar-refractivity contribution in [1.29, 1.82) is 0 Å².